The van der Waals surface area contributed by atoms with Crippen LogP contribution in [0.3, 0.4) is 0 Å². The van der Waals surface area contributed by atoms with Crippen LogP contribution < -0.4 is 0 Å². The molecule has 12 nitrogen and oxygen atoms in total. The fourth-order valence-electron chi connectivity index (χ4n) is 10.6. The summed E-state index contributed by atoms with van der Waals surface area (Å²) >= 11 is 0. The molecule has 0 aromatic carbocycles. The molecule has 454 valence electrons. The molecule has 0 bridgehead atoms. The highest BCUT2D eigenvalue weighted by atomic mass is 16.7. The van der Waals surface area contributed by atoms with E-state index in [1.54, 1.807) is 0 Å². The summed E-state index contributed by atoms with van der Waals surface area (Å²) in [6.45, 7) is 6.07. The van der Waals surface area contributed by atoms with E-state index in [0.29, 0.717) is 19.3 Å². The Morgan fingerprint density at radius 3 is 0.974 bits per heavy atom. The zero-order valence-electron chi connectivity index (χ0n) is 50.2. The average Bonchev–Trinajstić information content (AvgIpc) is 3.43. The van der Waals surface area contributed by atoms with Crippen molar-refractivity contribution in [2.45, 2.75) is 379 Å². The molecule has 0 saturated carbocycles. The third-order valence-corrected chi connectivity index (χ3v) is 15.7. The summed E-state index contributed by atoms with van der Waals surface area (Å²) in [6.07, 6.45) is 47.7. The first-order chi connectivity index (χ1) is 37.6. The first kappa shape index (κ1) is 72.7. The van der Waals surface area contributed by atoms with Gasteiger partial charge in [0.15, 0.2) is 24.6 Å². The lowest BCUT2D eigenvalue weighted by Gasteiger charge is -2.40. The van der Waals surface area contributed by atoms with Gasteiger partial charge in [-0.05, 0) is 19.3 Å². The number of carbonyl (C=O) groups is 4. The molecule has 1 saturated heterocycles. The van der Waals surface area contributed by atoms with Crippen molar-refractivity contribution in [3.63, 3.8) is 0 Å². The van der Waals surface area contributed by atoms with Gasteiger partial charge in [-0.2, -0.15) is 0 Å². The Hall–Kier alpha value is -2.28. The number of rotatable bonds is 58. The third kappa shape index (κ3) is 44.1. The number of ether oxygens (including phenoxy) is 5. The maximum atomic E-state index is 13.2. The fourth-order valence-corrected chi connectivity index (χ4v) is 10.6. The number of aliphatic hydroxyl groups is 2. The zero-order chi connectivity index (χ0) is 56.1. The van der Waals surface area contributed by atoms with E-state index >= 15 is 0 Å². The van der Waals surface area contributed by atoms with Crippen molar-refractivity contribution in [1.82, 2.24) is 0 Å². The maximum Gasteiger partial charge on any atom is 0.335 e. The number of aliphatic carboxylic acids is 1. The zero-order valence-corrected chi connectivity index (χ0v) is 50.2. The Morgan fingerprint density at radius 1 is 0.377 bits per heavy atom. The SMILES string of the molecule is CCCCCCCCCCCCCCCCCCCC(=O)OC1C(OCC(COC(=O)CCCCCCCCCCCCCCCCC)OC(=O)CCCCCCCCCCCCCCCCC)OC(C(=O)O)C(O)C1O. The molecule has 0 spiro atoms. The van der Waals surface area contributed by atoms with E-state index in [1.165, 1.54) is 225 Å². The Kier molecular flexibility index (Phi) is 51.3. The molecule has 1 fully saturated rings. The summed E-state index contributed by atoms with van der Waals surface area (Å²) in [5.74, 6) is -3.06. The lowest BCUT2D eigenvalue weighted by atomic mass is 9.98. The molecule has 0 aromatic heterocycles. The van der Waals surface area contributed by atoms with Crippen molar-refractivity contribution in [1.29, 1.82) is 0 Å². The van der Waals surface area contributed by atoms with Gasteiger partial charge < -0.3 is 39.0 Å². The molecule has 0 aromatic rings. The van der Waals surface area contributed by atoms with Crippen LogP contribution in [0.1, 0.15) is 342 Å². The minimum Gasteiger partial charge on any atom is -0.479 e. The summed E-state index contributed by atoms with van der Waals surface area (Å²) in [5.41, 5.74) is 0. The van der Waals surface area contributed by atoms with Crippen molar-refractivity contribution >= 4 is 23.9 Å². The smallest absolute Gasteiger partial charge is 0.335 e. The van der Waals surface area contributed by atoms with E-state index in [1.807, 2.05) is 0 Å². The fraction of sp³-hybridized carbons (Fsp3) is 0.938. The van der Waals surface area contributed by atoms with Gasteiger partial charge in [0.25, 0.3) is 0 Å². The summed E-state index contributed by atoms with van der Waals surface area (Å²) < 4.78 is 28.6. The minimum absolute atomic E-state index is 0.0713. The predicted octanol–water partition coefficient (Wildman–Crippen LogP) is 17.5. The first-order valence-electron chi connectivity index (χ1n) is 33.0. The van der Waals surface area contributed by atoms with Crippen LogP contribution in [0.4, 0.5) is 0 Å². The molecule has 6 unspecified atom stereocenters. The van der Waals surface area contributed by atoms with Crippen LogP contribution in [0, 0.1) is 0 Å². The summed E-state index contributed by atoms with van der Waals surface area (Å²) in [7, 11) is 0. The lowest BCUT2D eigenvalue weighted by Crippen LogP contribution is -2.61. The van der Waals surface area contributed by atoms with E-state index in [0.717, 1.165) is 57.8 Å². The van der Waals surface area contributed by atoms with Gasteiger partial charge >= 0.3 is 23.9 Å². The van der Waals surface area contributed by atoms with Crippen molar-refractivity contribution < 1.29 is 58.2 Å². The van der Waals surface area contributed by atoms with Gasteiger partial charge in [0, 0.05) is 19.3 Å². The van der Waals surface area contributed by atoms with Crippen molar-refractivity contribution in [2.75, 3.05) is 13.2 Å². The normalized spacial score (nSPS) is 17.9. The molecule has 1 aliphatic rings. The lowest BCUT2D eigenvalue weighted by molar-refractivity contribution is -0.301. The van der Waals surface area contributed by atoms with Gasteiger partial charge in [0.2, 0.25) is 0 Å². The second-order valence-electron chi connectivity index (χ2n) is 23.1. The van der Waals surface area contributed by atoms with Gasteiger partial charge in [-0.3, -0.25) is 14.4 Å². The Morgan fingerprint density at radius 2 is 0.662 bits per heavy atom. The van der Waals surface area contributed by atoms with Crippen LogP contribution in [0.2, 0.25) is 0 Å². The van der Waals surface area contributed by atoms with Crippen LogP contribution in [-0.4, -0.2) is 89.2 Å². The van der Waals surface area contributed by atoms with Crippen LogP contribution in [0.5, 0.6) is 0 Å². The van der Waals surface area contributed by atoms with Crippen LogP contribution >= 0.6 is 0 Å². The monoisotopic (exact) mass is 1090 g/mol. The van der Waals surface area contributed by atoms with E-state index in [4.69, 9.17) is 23.7 Å². The molecule has 1 heterocycles. The summed E-state index contributed by atoms with van der Waals surface area (Å²) in [5, 5.41) is 31.6. The molecular formula is C65H122O12. The number of hydrogen-bond acceptors (Lipinski definition) is 11. The molecule has 0 amide bonds. The molecule has 0 aliphatic carbocycles. The first-order valence-corrected chi connectivity index (χ1v) is 33.0. The Balaban J connectivity index is 2.62. The molecule has 6 atom stereocenters. The van der Waals surface area contributed by atoms with E-state index in [2.05, 4.69) is 20.8 Å². The van der Waals surface area contributed by atoms with E-state index in [9.17, 15) is 34.5 Å². The van der Waals surface area contributed by atoms with Gasteiger partial charge in [-0.1, -0.05) is 303 Å². The second kappa shape index (κ2) is 54.3. The van der Waals surface area contributed by atoms with Gasteiger partial charge in [-0.25, -0.2) is 4.79 Å². The highest BCUT2D eigenvalue weighted by Gasteiger charge is 2.50. The number of carboxylic acid groups (broad SMARTS) is 1. The largest absolute Gasteiger partial charge is 0.479 e. The predicted molar refractivity (Wildman–Crippen MR) is 313 cm³/mol. The molecule has 77 heavy (non-hydrogen) atoms. The highest BCUT2D eigenvalue weighted by Crippen LogP contribution is 2.27. The number of carbonyl (C=O) groups excluding carboxylic acids is 3. The van der Waals surface area contributed by atoms with Gasteiger partial charge in [0.1, 0.15) is 18.8 Å². The number of hydrogen-bond donors (Lipinski definition) is 3. The van der Waals surface area contributed by atoms with Crippen molar-refractivity contribution in [2.24, 2.45) is 0 Å². The molecule has 1 rings (SSSR count). The topological polar surface area (TPSA) is 175 Å². The second-order valence-corrected chi connectivity index (χ2v) is 23.1. The van der Waals surface area contributed by atoms with Crippen LogP contribution in [0.15, 0.2) is 0 Å². The van der Waals surface area contributed by atoms with Crippen LogP contribution in [-0.2, 0) is 42.9 Å². The quantitative estimate of drug-likeness (QED) is 0.0299. The Labute approximate surface area is 472 Å². The van der Waals surface area contributed by atoms with Gasteiger partial charge in [-0.15, -0.1) is 0 Å². The maximum absolute atomic E-state index is 13.2. The number of esters is 3. The summed E-state index contributed by atoms with van der Waals surface area (Å²) in [6, 6.07) is 0. The number of unbranched alkanes of at least 4 members (excludes halogenated alkanes) is 44. The number of aliphatic hydroxyl groups excluding tert-OH is 2. The summed E-state index contributed by atoms with van der Waals surface area (Å²) in [4.78, 5) is 51.3. The highest BCUT2D eigenvalue weighted by molar-refractivity contribution is 5.74. The van der Waals surface area contributed by atoms with Crippen molar-refractivity contribution in [3.05, 3.63) is 0 Å². The number of carboxylic acids is 1. The molecule has 12 heteroatoms. The van der Waals surface area contributed by atoms with Gasteiger partial charge in [0.05, 0.1) is 6.61 Å². The molecular weight excluding hydrogens is 973 g/mol. The standard InChI is InChI=1S/C65H122O12/c1-4-7-10-13-16-19-22-25-28-29-32-35-38-41-44-47-50-53-59(68)76-63-61(70)60(69)62(64(71)72)77-65(63)74-55-56(75-58(67)52-49-46-43-40-37-34-31-27-24-21-18-15-12-9-6-3)54-73-57(66)51-48-45-42-39-36-33-30-26-23-20-17-14-11-8-5-2/h56,60-63,65,69-70H,4-55H2,1-3H3,(H,71,72). The third-order valence-electron chi connectivity index (χ3n) is 15.7. The van der Waals surface area contributed by atoms with Crippen molar-refractivity contribution in [3.8, 4) is 0 Å². The molecule has 0 radical (unpaired) electrons. The molecule has 3 N–H and O–H groups in total. The van der Waals surface area contributed by atoms with Crippen LogP contribution in [0.25, 0.3) is 0 Å². The molecule has 1 aliphatic heterocycles. The Bertz CT molecular complexity index is 1340. The minimum atomic E-state index is -1.89. The average molecular weight is 1100 g/mol. The van der Waals surface area contributed by atoms with E-state index < -0.39 is 67.3 Å². The van der Waals surface area contributed by atoms with E-state index in [-0.39, 0.29) is 25.9 Å².